The van der Waals surface area contributed by atoms with Crippen LogP contribution in [0.5, 0.6) is 0 Å². The number of nitrogens with zero attached hydrogens (tertiary/aromatic N) is 1. The fourth-order valence-electron chi connectivity index (χ4n) is 2.51. The van der Waals surface area contributed by atoms with Gasteiger partial charge in [-0.1, -0.05) is 32.6 Å². The molecule has 6 heteroatoms. The predicted molar refractivity (Wildman–Crippen MR) is 91.1 cm³/mol. The summed E-state index contributed by atoms with van der Waals surface area (Å²) in [5.74, 6) is 0.212. The van der Waals surface area contributed by atoms with Crippen LogP contribution in [0.15, 0.2) is 0 Å². The van der Waals surface area contributed by atoms with Gasteiger partial charge in [0.05, 0.1) is 39.6 Å². The van der Waals surface area contributed by atoms with Crippen LogP contribution >= 0.6 is 0 Å². The molecule has 0 spiro atoms. The predicted octanol–water partition coefficient (Wildman–Crippen LogP) is 2.01. The topological polar surface area (TPSA) is 63.8 Å². The van der Waals surface area contributed by atoms with Crippen molar-refractivity contribution in [2.75, 3.05) is 52.7 Å². The zero-order valence-corrected chi connectivity index (χ0v) is 15.0. The van der Waals surface area contributed by atoms with Gasteiger partial charge >= 0.3 is 0 Å². The van der Waals surface area contributed by atoms with Gasteiger partial charge in [0.25, 0.3) is 0 Å². The van der Waals surface area contributed by atoms with Crippen LogP contribution in [-0.2, 0) is 23.7 Å². The van der Waals surface area contributed by atoms with Crippen molar-refractivity contribution < 1.29 is 23.7 Å². The van der Waals surface area contributed by atoms with E-state index in [0.29, 0.717) is 45.9 Å². The van der Waals surface area contributed by atoms with Crippen molar-refractivity contribution in [3.05, 3.63) is 0 Å². The summed E-state index contributed by atoms with van der Waals surface area (Å²) in [6.45, 7) is 7.46. The maximum absolute atomic E-state index is 12.4. The van der Waals surface area contributed by atoms with E-state index in [0.717, 1.165) is 26.1 Å². The van der Waals surface area contributed by atoms with Gasteiger partial charge in [-0.15, -0.1) is 0 Å². The third kappa shape index (κ3) is 9.57. The standard InChI is InChI=1S/C18H33NO5/c1-2-3-4-5-6-7-18(20)19(8-10-21-12-16-14-23-16)9-11-22-13-17-15-24-17/h16-17H,2-15H2,1H3. The minimum atomic E-state index is 0.212. The van der Waals surface area contributed by atoms with Crippen LogP contribution in [0, 0.1) is 0 Å². The summed E-state index contributed by atoms with van der Waals surface area (Å²) in [5, 5.41) is 0. The van der Waals surface area contributed by atoms with Gasteiger partial charge in [0.15, 0.2) is 0 Å². The number of carbonyl (C=O) groups excluding carboxylic acids is 1. The Morgan fingerprint density at radius 2 is 1.50 bits per heavy atom. The van der Waals surface area contributed by atoms with Crippen LogP contribution < -0.4 is 0 Å². The van der Waals surface area contributed by atoms with Gasteiger partial charge in [0, 0.05) is 19.5 Å². The van der Waals surface area contributed by atoms with Gasteiger partial charge < -0.3 is 23.8 Å². The van der Waals surface area contributed by atoms with E-state index in [4.69, 9.17) is 18.9 Å². The molecule has 0 radical (unpaired) electrons. The van der Waals surface area contributed by atoms with Crippen LogP contribution in [0.1, 0.15) is 45.4 Å². The quantitative estimate of drug-likeness (QED) is 0.317. The molecule has 2 fully saturated rings. The number of unbranched alkanes of at least 4 members (excludes halogenated alkanes) is 4. The van der Waals surface area contributed by atoms with Gasteiger partial charge in [-0.3, -0.25) is 4.79 Å². The van der Waals surface area contributed by atoms with E-state index >= 15 is 0 Å². The molecule has 140 valence electrons. The molecule has 2 atom stereocenters. The van der Waals surface area contributed by atoms with E-state index in [1.54, 1.807) is 0 Å². The molecule has 2 aliphatic rings. The molecule has 0 aromatic carbocycles. The maximum Gasteiger partial charge on any atom is 0.222 e. The van der Waals surface area contributed by atoms with Crippen LogP contribution in [0.2, 0.25) is 0 Å². The molecule has 2 aliphatic heterocycles. The lowest BCUT2D eigenvalue weighted by Gasteiger charge is -2.22. The minimum absolute atomic E-state index is 0.212. The Labute approximate surface area is 145 Å². The maximum atomic E-state index is 12.4. The van der Waals surface area contributed by atoms with Crippen LogP contribution in [0.25, 0.3) is 0 Å². The van der Waals surface area contributed by atoms with E-state index < -0.39 is 0 Å². The highest BCUT2D eigenvalue weighted by Gasteiger charge is 2.23. The first-order valence-corrected chi connectivity index (χ1v) is 9.46. The van der Waals surface area contributed by atoms with Crippen molar-refractivity contribution in [1.82, 2.24) is 4.90 Å². The van der Waals surface area contributed by atoms with Crippen LogP contribution in [0.3, 0.4) is 0 Å². The Hall–Kier alpha value is -0.690. The van der Waals surface area contributed by atoms with Gasteiger partial charge in [-0.05, 0) is 6.42 Å². The normalized spacial score (nSPS) is 21.7. The second kappa shape index (κ2) is 11.8. The Morgan fingerprint density at radius 3 is 2.00 bits per heavy atom. The summed E-state index contributed by atoms with van der Waals surface area (Å²) in [7, 11) is 0. The first kappa shape index (κ1) is 19.6. The lowest BCUT2D eigenvalue weighted by molar-refractivity contribution is -0.133. The van der Waals surface area contributed by atoms with Crippen LogP contribution in [0.4, 0.5) is 0 Å². The van der Waals surface area contributed by atoms with Crippen molar-refractivity contribution in [1.29, 1.82) is 0 Å². The lowest BCUT2D eigenvalue weighted by atomic mass is 10.1. The molecule has 6 nitrogen and oxygen atoms in total. The van der Waals surface area contributed by atoms with Crippen LogP contribution in [-0.4, -0.2) is 75.7 Å². The molecule has 24 heavy (non-hydrogen) atoms. The summed E-state index contributed by atoms with van der Waals surface area (Å²) in [4.78, 5) is 14.3. The van der Waals surface area contributed by atoms with Gasteiger partial charge in [0.1, 0.15) is 12.2 Å². The second-order valence-corrected chi connectivity index (χ2v) is 6.61. The highest BCUT2D eigenvalue weighted by Crippen LogP contribution is 2.10. The molecular formula is C18H33NO5. The van der Waals surface area contributed by atoms with Gasteiger partial charge in [-0.2, -0.15) is 0 Å². The summed E-state index contributed by atoms with van der Waals surface area (Å²) >= 11 is 0. The number of hydrogen-bond donors (Lipinski definition) is 0. The SMILES string of the molecule is CCCCCCCC(=O)N(CCOCC1CO1)CCOCC1CO1. The number of rotatable bonds is 16. The van der Waals surface area contributed by atoms with Crippen molar-refractivity contribution in [3.63, 3.8) is 0 Å². The average molecular weight is 343 g/mol. The Balaban J connectivity index is 1.58. The molecule has 0 saturated carbocycles. The molecule has 2 heterocycles. The number of amides is 1. The monoisotopic (exact) mass is 343 g/mol. The summed E-state index contributed by atoms with van der Waals surface area (Å²) in [5.41, 5.74) is 0. The fraction of sp³-hybridized carbons (Fsp3) is 0.944. The van der Waals surface area contributed by atoms with Gasteiger partial charge in [0.2, 0.25) is 5.91 Å². The first-order chi connectivity index (χ1) is 11.8. The third-order valence-corrected chi connectivity index (χ3v) is 4.27. The number of ether oxygens (including phenoxy) is 4. The molecule has 2 rings (SSSR count). The Bertz CT molecular complexity index is 324. The number of hydrogen-bond acceptors (Lipinski definition) is 5. The highest BCUT2D eigenvalue weighted by atomic mass is 16.6. The molecular weight excluding hydrogens is 310 g/mol. The van der Waals surface area contributed by atoms with Crippen molar-refractivity contribution in [2.24, 2.45) is 0 Å². The second-order valence-electron chi connectivity index (χ2n) is 6.61. The van der Waals surface area contributed by atoms with Crippen molar-refractivity contribution in [3.8, 4) is 0 Å². The molecule has 0 aromatic rings. The van der Waals surface area contributed by atoms with Gasteiger partial charge in [-0.25, -0.2) is 0 Å². The molecule has 0 bridgehead atoms. The fourth-order valence-corrected chi connectivity index (χ4v) is 2.51. The molecule has 1 amide bonds. The number of epoxide rings is 2. The Morgan fingerprint density at radius 1 is 0.958 bits per heavy atom. The minimum Gasteiger partial charge on any atom is -0.377 e. The average Bonchev–Trinajstić information content (AvgIpc) is 3.47. The molecule has 0 aromatic heterocycles. The molecule has 0 N–H and O–H groups in total. The van der Waals surface area contributed by atoms with E-state index in [1.807, 2.05) is 4.90 Å². The van der Waals surface area contributed by atoms with E-state index in [1.165, 1.54) is 19.3 Å². The zero-order valence-electron chi connectivity index (χ0n) is 15.0. The third-order valence-electron chi connectivity index (χ3n) is 4.27. The van der Waals surface area contributed by atoms with E-state index in [9.17, 15) is 4.79 Å². The smallest absolute Gasteiger partial charge is 0.222 e. The summed E-state index contributed by atoms with van der Waals surface area (Å²) in [6.07, 6.45) is 6.99. The van der Waals surface area contributed by atoms with Crippen molar-refractivity contribution >= 4 is 5.91 Å². The molecule has 2 unspecified atom stereocenters. The van der Waals surface area contributed by atoms with E-state index in [-0.39, 0.29) is 18.1 Å². The largest absolute Gasteiger partial charge is 0.377 e. The zero-order chi connectivity index (χ0) is 17.0. The summed E-state index contributed by atoms with van der Waals surface area (Å²) in [6, 6.07) is 0. The Kier molecular flexibility index (Phi) is 9.65. The van der Waals surface area contributed by atoms with E-state index in [2.05, 4.69) is 6.92 Å². The lowest BCUT2D eigenvalue weighted by Crippen LogP contribution is -2.37. The first-order valence-electron chi connectivity index (χ1n) is 9.46. The number of carbonyl (C=O) groups is 1. The highest BCUT2D eigenvalue weighted by molar-refractivity contribution is 5.76. The van der Waals surface area contributed by atoms with Crippen molar-refractivity contribution in [2.45, 2.75) is 57.7 Å². The molecule has 2 saturated heterocycles. The summed E-state index contributed by atoms with van der Waals surface area (Å²) < 4.78 is 21.4. The molecule has 0 aliphatic carbocycles.